The van der Waals surface area contributed by atoms with E-state index in [1.54, 1.807) is 0 Å². The molecule has 2 bridgehead atoms. The maximum Gasteiger partial charge on any atom is 0.310 e. The number of fused-ring (bicyclic) bond motifs is 1. The Kier molecular flexibility index (Phi) is 9.57. The fourth-order valence-electron chi connectivity index (χ4n) is 6.21. The maximum absolute atomic E-state index is 13.6. The monoisotopic (exact) mass is 562 g/mol. The molecule has 2 unspecified atom stereocenters. The highest BCUT2D eigenvalue weighted by Crippen LogP contribution is 2.58. The van der Waals surface area contributed by atoms with E-state index in [0.29, 0.717) is 38.5 Å². The molecular formula is C32H38F4O4. The van der Waals surface area contributed by atoms with Gasteiger partial charge >= 0.3 is 11.9 Å². The van der Waals surface area contributed by atoms with Gasteiger partial charge in [0.1, 0.15) is 0 Å². The summed E-state index contributed by atoms with van der Waals surface area (Å²) < 4.78 is 63.7. The van der Waals surface area contributed by atoms with Gasteiger partial charge in [-0.3, -0.25) is 9.59 Å². The largest absolute Gasteiger partial charge is 0.465 e. The van der Waals surface area contributed by atoms with Gasteiger partial charge in [-0.25, -0.2) is 17.6 Å². The van der Waals surface area contributed by atoms with E-state index in [2.05, 4.69) is 0 Å². The van der Waals surface area contributed by atoms with Crippen LogP contribution in [-0.4, -0.2) is 37.0 Å². The minimum absolute atomic E-state index is 0.0924. The number of esters is 2. The van der Waals surface area contributed by atoms with E-state index in [4.69, 9.17) is 9.47 Å². The Balaban J connectivity index is 1.49. The summed E-state index contributed by atoms with van der Waals surface area (Å²) in [7, 11) is 0. The zero-order valence-corrected chi connectivity index (χ0v) is 23.1. The lowest BCUT2D eigenvalue weighted by Crippen LogP contribution is -2.48. The fourth-order valence-corrected chi connectivity index (χ4v) is 6.21. The zero-order valence-electron chi connectivity index (χ0n) is 23.1. The normalized spacial score (nSPS) is 21.4. The van der Waals surface area contributed by atoms with Crippen molar-refractivity contribution in [3.8, 4) is 0 Å². The second-order valence-corrected chi connectivity index (χ2v) is 11.4. The van der Waals surface area contributed by atoms with Gasteiger partial charge in [-0.05, 0) is 74.6 Å². The molecule has 0 fully saturated rings. The topological polar surface area (TPSA) is 52.6 Å². The van der Waals surface area contributed by atoms with Crippen molar-refractivity contribution in [2.24, 2.45) is 11.8 Å². The number of benzene rings is 2. The smallest absolute Gasteiger partial charge is 0.310 e. The van der Waals surface area contributed by atoms with Gasteiger partial charge in [0, 0.05) is 24.7 Å². The van der Waals surface area contributed by atoms with Crippen LogP contribution in [-0.2, 0) is 19.1 Å². The molecule has 0 aliphatic heterocycles. The number of hydrogen-bond acceptors (Lipinski definition) is 4. The van der Waals surface area contributed by atoms with Gasteiger partial charge in [-0.1, -0.05) is 48.5 Å². The fraction of sp³-hybridized carbons (Fsp3) is 0.562. The van der Waals surface area contributed by atoms with Crippen molar-refractivity contribution in [3.05, 3.63) is 70.8 Å². The van der Waals surface area contributed by atoms with Crippen molar-refractivity contribution in [1.82, 2.24) is 0 Å². The van der Waals surface area contributed by atoms with Crippen LogP contribution in [0, 0.1) is 11.8 Å². The molecule has 3 aliphatic rings. The molecule has 0 spiro atoms. The third-order valence-electron chi connectivity index (χ3n) is 7.99. The lowest BCUT2D eigenvalue weighted by atomic mass is 9.54. The number of ether oxygens (including phenoxy) is 2. The minimum atomic E-state index is -2.71. The number of halogens is 4. The van der Waals surface area contributed by atoms with Crippen molar-refractivity contribution in [1.29, 1.82) is 0 Å². The van der Waals surface area contributed by atoms with Crippen molar-refractivity contribution < 1.29 is 36.6 Å². The highest BCUT2D eigenvalue weighted by atomic mass is 19.3. The number of alkyl halides is 4. The summed E-state index contributed by atoms with van der Waals surface area (Å²) in [5.74, 6) is -8.76. The first-order valence-electron chi connectivity index (χ1n) is 14.2. The molecule has 0 N–H and O–H groups in total. The van der Waals surface area contributed by atoms with Crippen molar-refractivity contribution in [2.45, 2.75) is 88.9 Å². The summed E-state index contributed by atoms with van der Waals surface area (Å²) in [4.78, 5) is 27.2. The Hall–Kier alpha value is -2.90. The summed E-state index contributed by atoms with van der Waals surface area (Å²) >= 11 is 0. The van der Waals surface area contributed by atoms with Gasteiger partial charge < -0.3 is 9.47 Å². The number of unbranched alkanes of at least 4 members (excludes halogenated alkanes) is 4. The van der Waals surface area contributed by atoms with Crippen LogP contribution in [0.2, 0.25) is 0 Å². The zero-order chi connectivity index (χ0) is 28.9. The third kappa shape index (κ3) is 7.24. The first-order chi connectivity index (χ1) is 19.0. The second-order valence-electron chi connectivity index (χ2n) is 11.4. The minimum Gasteiger partial charge on any atom is -0.465 e. The number of rotatable bonds is 14. The Bertz CT molecular complexity index is 1030. The molecule has 0 heterocycles. The molecule has 2 aromatic carbocycles. The molecule has 8 heteroatoms. The van der Waals surface area contributed by atoms with Crippen molar-refractivity contribution >= 4 is 11.9 Å². The molecule has 0 amide bonds. The maximum atomic E-state index is 13.6. The van der Waals surface area contributed by atoms with E-state index in [9.17, 15) is 27.2 Å². The average molecular weight is 563 g/mol. The van der Waals surface area contributed by atoms with E-state index in [0.717, 1.165) is 36.1 Å². The standard InChI is InChI=1S/C32H38F4O4/c1-31(33,34)17-9-3-11-19-39-29(37)27-25-21-13-5-7-15-23(21)26(24-16-8-6-14-22(24)25)28(27)30(38)40-20-12-4-10-18-32(2,35)36/h5-8,13-16,25-28H,3-4,9-12,17-20H2,1-2H3. The molecule has 4 nitrogen and oxygen atoms in total. The van der Waals surface area contributed by atoms with Gasteiger partial charge in [0.15, 0.2) is 0 Å². The van der Waals surface area contributed by atoms with E-state index >= 15 is 0 Å². The SMILES string of the molecule is CC(F)(F)CCCCCOC(=O)C1C2c3ccccc3C(c3ccccc32)C1C(=O)OCCCCCC(C)(F)F. The summed E-state index contributed by atoms with van der Waals surface area (Å²) in [6.45, 7) is 1.97. The molecule has 5 rings (SSSR count). The summed E-state index contributed by atoms with van der Waals surface area (Å²) in [5, 5.41) is 0. The molecule has 2 aromatic rings. The van der Waals surface area contributed by atoms with Crippen LogP contribution in [0.5, 0.6) is 0 Å². The summed E-state index contributed by atoms with van der Waals surface area (Å²) in [6.07, 6.45) is 2.18. The van der Waals surface area contributed by atoms with E-state index in [1.807, 2.05) is 48.5 Å². The van der Waals surface area contributed by atoms with Crippen LogP contribution in [0.4, 0.5) is 17.6 Å². The lowest BCUT2D eigenvalue weighted by Gasteiger charge is -2.48. The van der Waals surface area contributed by atoms with Crippen molar-refractivity contribution in [3.63, 3.8) is 0 Å². The first-order valence-corrected chi connectivity index (χ1v) is 14.2. The van der Waals surface area contributed by atoms with E-state index in [1.165, 1.54) is 0 Å². The predicted octanol–water partition coefficient (Wildman–Crippen LogP) is 8.03. The van der Waals surface area contributed by atoms with Crippen LogP contribution in [0.1, 0.15) is 99.3 Å². The summed E-state index contributed by atoms with van der Waals surface area (Å²) in [5.41, 5.74) is 3.96. The summed E-state index contributed by atoms with van der Waals surface area (Å²) in [6, 6.07) is 15.6. The lowest BCUT2D eigenvalue weighted by molar-refractivity contribution is -0.163. The Labute approximate surface area is 233 Å². The Morgan fingerprint density at radius 1 is 0.600 bits per heavy atom. The number of carbonyl (C=O) groups excluding carboxylic acids is 2. The van der Waals surface area contributed by atoms with Gasteiger partial charge in [-0.2, -0.15) is 0 Å². The van der Waals surface area contributed by atoms with Gasteiger partial charge in [0.25, 0.3) is 0 Å². The van der Waals surface area contributed by atoms with Gasteiger partial charge in [0.05, 0.1) is 25.0 Å². The van der Waals surface area contributed by atoms with Crippen LogP contribution in [0.25, 0.3) is 0 Å². The molecule has 0 radical (unpaired) electrons. The molecule has 2 atom stereocenters. The Morgan fingerprint density at radius 2 is 0.925 bits per heavy atom. The first kappa shape index (κ1) is 30.1. The van der Waals surface area contributed by atoms with E-state index in [-0.39, 0.29) is 37.9 Å². The molecule has 3 aliphatic carbocycles. The molecule has 0 saturated heterocycles. The highest BCUT2D eigenvalue weighted by Gasteiger charge is 2.56. The van der Waals surface area contributed by atoms with Gasteiger partial charge in [0.2, 0.25) is 11.8 Å². The van der Waals surface area contributed by atoms with Crippen LogP contribution < -0.4 is 0 Å². The van der Waals surface area contributed by atoms with Crippen LogP contribution in [0.3, 0.4) is 0 Å². The molecule has 0 saturated carbocycles. The quantitative estimate of drug-likeness (QED) is 0.133. The van der Waals surface area contributed by atoms with Crippen LogP contribution in [0.15, 0.2) is 48.5 Å². The molecule has 218 valence electrons. The number of hydrogen-bond donors (Lipinski definition) is 0. The third-order valence-corrected chi connectivity index (χ3v) is 7.99. The van der Waals surface area contributed by atoms with Crippen LogP contribution >= 0.6 is 0 Å². The van der Waals surface area contributed by atoms with Gasteiger partial charge in [-0.15, -0.1) is 0 Å². The predicted molar refractivity (Wildman–Crippen MR) is 144 cm³/mol. The highest BCUT2D eigenvalue weighted by molar-refractivity contribution is 5.88. The molecular weight excluding hydrogens is 524 g/mol. The van der Waals surface area contributed by atoms with Crippen molar-refractivity contribution in [2.75, 3.05) is 13.2 Å². The molecule has 0 aromatic heterocycles. The number of carbonyl (C=O) groups is 2. The molecule has 40 heavy (non-hydrogen) atoms. The average Bonchev–Trinajstić information content (AvgIpc) is 2.90. The second kappa shape index (κ2) is 12.7. The van der Waals surface area contributed by atoms with E-state index < -0.39 is 35.6 Å². The Morgan fingerprint density at radius 3 is 1.23 bits per heavy atom.